The number of nitrogens with one attached hydrogen (secondary N) is 2. The molecule has 2 aliphatic heterocycles. The molecule has 0 radical (unpaired) electrons. The van der Waals surface area contributed by atoms with Gasteiger partial charge in [0.1, 0.15) is 12.1 Å². The molecule has 10 heteroatoms. The molecule has 1 aromatic rings. The Morgan fingerprint density at radius 1 is 1.16 bits per heavy atom. The first-order valence-electron chi connectivity index (χ1n) is 12.5. The number of rotatable bonds is 7. The van der Waals surface area contributed by atoms with E-state index < -0.39 is 53.2 Å². The van der Waals surface area contributed by atoms with Crippen LogP contribution in [0.25, 0.3) is 0 Å². The zero-order valence-corrected chi connectivity index (χ0v) is 21.8. The van der Waals surface area contributed by atoms with Gasteiger partial charge in [0.25, 0.3) is 0 Å². The Morgan fingerprint density at radius 3 is 2.32 bits per heavy atom. The summed E-state index contributed by atoms with van der Waals surface area (Å²) in [5.41, 5.74) is -0.607. The average molecular weight is 516 g/mol. The van der Waals surface area contributed by atoms with E-state index in [1.165, 1.54) is 4.90 Å². The van der Waals surface area contributed by atoms with Crippen LogP contribution in [0.5, 0.6) is 0 Å². The van der Waals surface area contributed by atoms with Crippen molar-refractivity contribution in [3.63, 3.8) is 0 Å². The predicted octanol–water partition coefficient (Wildman–Crippen LogP) is 1.40. The van der Waals surface area contributed by atoms with E-state index in [9.17, 15) is 29.7 Å². The number of nitrogens with zero attached hydrogens (tertiary/aromatic N) is 1. The third-order valence-electron chi connectivity index (χ3n) is 7.22. The molecule has 2 fully saturated rings. The van der Waals surface area contributed by atoms with Gasteiger partial charge in [-0.15, -0.1) is 5.92 Å². The highest BCUT2D eigenvalue weighted by Gasteiger charge is 2.48. The lowest BCUT2D eigenvalue weighted by atomic mass is 9.75. The zero-order chi connectivity index (χ0) is 27.4. The van der Waals surface area contributed by atoms with Crippen LogP contribution in [0.2, 0.25) is 0 Å². The first-order valence-corrected chi connectivity index (χ1v) is 12.5. The second kappa shape index (κ2) is 11.5. The molecule has 2 heterocycles. The van der Waals surface area contributed by atoms with Crippen LogP contribution >= 0.6 is 0 Å². The van der Waals surface area contributed by atoms with E-state index in [2.05, 4.69) is 22.5 Å². The Bertz CT molecular complexity index is 1050. The molecule has 1 unspecified atom stereocenters. The Morgan fingerprint density at radius 2 is 1.78 bits per heavy atom. The van der Waals surface area contributed by atoms with Crippen LogP contribution in [-0.4, -0.2) is 81.7 Å². The Hall–Kier alpha value is -3.13. The van der Waals surface area contributed by atoms with Crippen molar-refractivity contribution in [2.75, 3.05) is 19.8 Å². The van der Waals surface area contributed by atoms with Gasteiger partial charge < -0.3 is 35.6 Å². The van der Waals surface area contributed by atoms with E-state index >= 15 is 0 Å². The molecule has 4 atom stereocenters. The van der Waals surface area contributed by atoms with Gasteiger partial charge in [0.2, 0.25) is 11.8 Å². The molecule has 10 nitrogen and oxygen atoms in total. The molecule has 5 N–H and O–H groups in total. The molecule has 3 rings (SSSR count). The maximum atomic E-state index is 13.7. The summed E-state index contributed by atoms with van der Waals surface area (Å²) in [7, 11) is 0. The largest absolute Gasteiger partial charge is 0.465 e. The molecule has 0 saturated carbocycles. The fraction of sp³-hybridized carbons (Fsp3) is 0.593. The van der Waals surface area contributed by atoms with Gasteiger partial charge in [-0.3, -0.25) is 9.59 Å². The Balaban J connectivity index is 1.86. The van der Waals surface area contributed by atoms with Crippen molar-refractivity contribution in [1.82, 2.24) is 15.5 Å². The summed E-state index contributed by atoms with van der Waals surface area (Å²) >= 11 is 0. The van der Waals surface area contributed by atoms with Gasteiger partial charge >= 0.3 is 6.09 Å². The van der Waals surface area contributed by atoms with Crippen molar-refractivity contribution in [1.29, 1.82) is 0 Å². The van der Waals surface area contributed by atoms with E-state index in [1.54, 1.807) is 45.0 Å². The minimum Gasteiger partial charge on any atom is -0.465 e. The number of benzene rings is 1. The number of ether oxygens (including phenoxy) is 1. The van der Waals surface area contributed by atoms with Crippen molar-refractivity contribution in [2.24, 2.45) is 5.41 Å². The van der Waals surface area contributed by atoms with E-state index in [4.69, 9.17) is 4.74 Å². The number of carbonyl (C=O) groups excluding carboxylic acids is 2. The molecular formula is C27H37N3O7. The van der Waals surface area contributed by atoms with E-state index in [0.29, 0.717) is 31.6 Å². The number of hydrogen-bond donors (Lipinski definition) is 5. The monoisotopic (exact) mass is 515 g/mol. The summed E-state index contributed by atoms with van der Waals surface area (Å²) in [4.78, 5) is 40.0. The Kier molecular flexibility index (Phi) is 8.84. The molecule has 3 amide bonds. The van der Waals surface area contributed by atoms with Gasteiger partial charge in [0.05, 0.1) is 17.7 Å². The van der Waals surface area contributed by atoms with Crippen LogP contribution in [0.15, 0.2) is 24.3 Å². The fourth-order valence-corrected chi connectivity index (χ4v) is 5.07. The molecule has 2 saturated heterocycles. The summed E-state index contributed by atoms with van der Waals surface area (Å²) in [6.45, 7) is 7.39. The molecule has 0 aliphatic carbocycles. The SMILES string of the molecule is CC#Cc1ccc([C@@H](NC(=O)[C@@H]2C[C@@H](O)CN2C(=O)C(NC(=O)O)C2(C)CCOCC2)C(C)(C)O)cc1. The van der Waals surface area contributed by atoms with Gasteiger partial charge in [0, 0.05) is 37.2 Å². The number of carboxylic acid groups (broad SMARTS) is 1. The third-order valence-corrected chi connectivity index (χ3v) is 7.22. The van der Waals surface area contributed by atoms with E-state index in [-0.39, 0.29) is 13.0 Å². The molecule has 202 valence electrons. The molecule has 0 spiro atoms. The lowest BCUT2D eigenvalue weighted by Gasteiger charge is -2.41. The van der Waals surface area contributed by atoms with Gasteiger partial charge in [-0.05, 0) is 51.3 Å². The zero-order valence-electron chi connectivity index (χ0n) is 21.8. The number of carbonyl (C=O) groups is 3. The van der Waals surface area contributed by atoms with Gasteiger partial charge in [-0.2, -0.15) is 0 Å². The van der Waals surface area contributed by atoms with Crippen molar-refractivity contribution in [3.05, 3.63) is 35.4 Å². The summed E-state index contributed by atoms with van der Waals surface area (Å²) in [6, 6.07) is 4.19. The molecule has 0 bridgehead atoms. The molecular weight excluding hydrogens is 478 g/mol. The van der Waals surface area contributed by atoms with Crippen LogP contribution in [0, 0.1) is 17.3 Å². The second-order valence-electron chi connectivity index (χ2n) is 10.6. The maximum Gasteiger partial charge on any atom is 0.405 e. The molecule has 1 aromatic carbocycles. The molecule has 37 heavy (non-hydrogen) atoms. The van der Waals surface area contributed by atoms with Gasteiger partial charge in [-0.25, -0.2) is 4.79 Å². The number of likely N-dealkylation sites (tertiary alicyclic amines) is 1. The lowest BCUT2D eigenvalue weighted by molar-refractivity contribution is -0.144. The smallest absolute Gasteiger partial charge is 0.405 e. The van der Waals surface area contributed by atoms with Crippen LogP contribution in [-0.2, 0) is 14.3 Å². The van der Waals surface area contributed by atoms with Crippen LogP contribution < -0.4 is 10.6 Å². The normalized spacial score (nSPS) is 22.8. The Labute approximate surface area is 217 Å². The number of β-amino-alcohol motifs (C(OH)–C–C–N with tert-alkyl or cyclic N) is 1. The number of hydrogen-bond acceptors (Lipinski definition) is 6. The van der Waals surface area contributed by atoms with Crippen LogP contribution in [0.4, 0.5) is 4.79 Å². The lowest BCUT2D eigenvalue weighted by Crippen LogP contribution is -2.60. The highest BCUT2D eigenvalue weighted by molar-refractivity contribution is 5.92. The van der Waals surface area contributed by atoms with Gasteiger partial charge in [0.15, 0.2) is 0 Å². The van der Waals surface area contributed by atoms with E-state index in [0.717, 1.165) is 5.56 Å². The maximum absolute atomic E-state index is 13.7. The minimum absolute atomic E-state index is 0.000788. The summed E-state index contributed by atoms with van der Waals surface area (Å²) in [5.74, 6) is 4.66. The highest BCUT2D eigenvalue weighted by atomic mass is 16.5. The third kappa shape index (κ3) is 6.80. The van der Waals surface area contributed by atoms with E-state index in [1.807, 2.05) is 6.92 Å². The number of aliphatic hydroxyl groups is 2. The standard InChI is InChI=1S/C27H37N3O7/c1-5-6-17-7-9-18(10-8-17)21(26(2,3)36)28-23(32)20-15-19(31)16-30(20)24(33)22(29-25(34)35)27(4)11-13-37-14-12-27/h7-10,19-22,29,31,36H,11-16H2,1-4H3,(H,28,32)(H,34,35)/t19-,20+,21-,22?/m1/s1. The first-order chi connectivity index (χ1) is 17.4. The van der Waals surface area contributed by atoms with Gasteiger partial charge in [-0.1, -0.05) is 25.0 Å². The fourth-order valence-electron chi connectivity index (χ4n) is 5.07. The molecule has 0 aromatic heterocycles. The topological polar surface area (TPSA) is 148 Å². The summed E-state index contributed by atoms with van der Waals surface area (Å²) < 4.78 is 5.40. The van der Waals surface area contributed by atoms with Crippen molar-refractivity contribution in [2.45, 2.75) is 76.8 Å². The van der Waals surface area contributed by atoms with Crippen molar-refractivity contribution in [3.8, 4) is 11.8 Å². The van der Waals surface area contributed by atoms with Crippen LogP contribution in [0.1, 0.15) is 64.1 Å². The summed E-state index contributed by atoms with van der Waals surface area (Å²) in [6.07, 6.45) is -1.35. The molecule has 2 aliphatic rings. The quantitative estimate of drug-likeness (QED) is 0.345. The second-order valence-corrected chi connectivity index (χ2v) is 10.6. The van der Waals surface area contributed by atoms with Crippen molar-refractivity contribution >= 4 is 17.9 Å². The number of aliphatic hydroxyl groups excluding tert-OH is 1. The average Bonchev–Trinajstić information content (AvgIpc) is 3.23. The highest BCUT2D eigenvalue weighted by Crippen LogP contribution is 2.36. The van der Waals surface area contributed by atoms with Crippen molar-refractivity contribution < 1.29 is 34.4 Å². The number of amides is 3. The summed E-state index contributed by atoms with van der Waals surface area (Å²) in [5, 5.41) is 35.9. The minimum atomic E-state index is -1.34. The van der Waals surface area contributed by atoms with Crippen LogP contribution in [0.3, 0.4) is 0 Å². The predicted molar refractivity (Wildman–Crippen MR) is 135 cm³/mol. The first kappa shape index (κ1) is 28.4.